The number of anilines is 1. The summed E-state index contributed by atoms with van der Waals surface area (Å²) in [7, 11) is -5.50. The zero-order valence-electron chi connectivity index (χ0n) is 21.2. The molecule has 39 heavy (non-hydrogen) atoms. The summed E-state index contributed by atoms with van der Waals surface area (Å²) in [6, 6.07) is 12.7. The smallest absolute Gasteiger partial charge is 0.244 e. The van der Waals surface area contributed by atoms with E-state index in [2.05, 4.69) is 10.0 Å². The zero-order valence-corrected chi connectivity index (χ0v) is 22.9. The summed E-state index contributed by atoms with van der Waals surface area (Å²) in [4.78, 5) is 14.4. The van der Waals surface area contributed by atoms with Gasteiger partial charge in [0.15, 0.2) is 6.35 Å². The Hall–Kier alpha value is -3.27. The van der Waals surface area contributed by atoms with Crippen LogP contribution >= 0.6 is 0 Å². The van der Waals surface area contributed by atoms with E-state index in [9.17, 15) is 35.5 Å². The first-order chi connectivity index (χ1) is 18.2. The van der Waals surface area contributed by atoms with Crippen molar-refractivity contribution in [3.63, 3.8) is 0 Å². The van der Waals surface area contributed by atoms with Gasteiger partial charge in [-0.3, -0.25) is 10.1 Å². The minimum atomic E-state index is -4.23. The van der Waals surface area contributed by atoms with Crippen LogP contribution in [0.5, 0.6) is 0 Å². The molecule has 0 aliphatic carbocycles. The van der Waals surface area contributed by atoms with Gasteiger partial charge in [0, 0.05) is 18.8 Å². The van der Waals surface area contributed by atoms with Crippen molar-refractivity contribution in [3.8, 4) is 0 Å². The highest BCUT2D eigenvalue weighted by molar-refractivity contribution is 7.89. The molecule has 0 saturated heterocycles. The molecule has 3 aromatic carbocycles. The Morgan fingerprint density at radius 1 is 0.949 bits per heavy atom. The molecule has 0 radical (unpaired) electrons. The van der Waals surface area contributed by atoms with Crippen molar-refractivity contribution in [1.82, 2.24) is 14.8 Å². The predicted molar refractivity (Wildman–Crippen MR) is 141 cm³/mol. The fraction of sp³-hybridized carbons (Fsp3) is 0.240. The number of aryl methyl sites for hydroxylation is 1. The van der Waals surface area contributed by atoms with Crippen molar-refractivity contribution in [3.05, 3.63) is 89.5 Å². The van der Waals surface area contributed by atoms with Gasteiger partial charge in [-0.25, -0.2) is 30.3 Å². The molecule has 0 aliphatic heterocycles. The molecule has 14 heteroatoms. The molecule has 3 aromatic rings. The SMILES string of the molecule is CNS(=O)(=O)c1cccc(N(C)C(=O)C(Cc2cc(F)cc(F)c2)NC(O)NS(=O)(=O)c2ccccc2C)c1. The van der Waals surface area contributed by atoms with Crippen molar-refractivity contribution >= 4 is 31.6 Å². The van der Waals surface area contributed by atoms with E-state index < -0.39 is 50.0 Å². The number of amides is 1. The molecule has 3 rings (SSSR count). The summed E-state index contributed by atoms with van der Waals surface area (Å²) in [6.07, 6.45) is -2.33. The third-order valence-electron chi connectivity index (χ3n) is 5.78. The Kier molecular flexibility index (Phi) is 9.53. The lowest BCUT2D eigenvalue weighted by atomic mass is 10.0. The summed E-state index contributed by atoms with van der Waals surface area (Å²) in [5, 5.41) is 13.0. The summed E-state index contributed by atoms with van der Waals surface area (Å²) >= 11 is 0. The fourth-order valence-electron chi connectivity index (χ4n) is 3.81. The molecule has 0 spiro atoms. The van der Waals surface area contributed by atoms with Crippen molar-refractivity contribution in [2.45, 2.75) is 35.5 Å². The predicted octanol–water partition coefficient (Wildman–Crippen LogP) is 1.60. The summed E-state index contributed by atoms with van der Waals surface area (Å²) in [5.41, 5.74) is 0.618. The van der Waals surface area contributed by atoms with Crippen LogP contribution in [0.2, 0.25) is 0 Å². The lowest BCUT2D eigenvalue weighted by Gasteiger charge is -2.27. The number of aliphatic hydroxyl groups excluding tert-OH is 1. The molecule has 2 atom stereocenters. The van der Waals surface area contributed by atoms with Gasteiger partial charge < -0.3 is 10.0 Å². The second-order valence-corrected chi connectivity index (χ2v) is 12.2. The largest absolute Gasteiger partial charge is 0.365 e. The molecule has 4 N–H and O–H groups in total. The van der Waals surface area contributed by atoms with Crippen molar-refractivity contribution < 1.29 is 35.5 Å². The van der Waals surface area contributed by atoms with Crippen LogP contribution in [0.1, 0.15) is 11.1 Å². The summed E-state index contributed by atoms with van der Waals surface area (Å²) < 4.78 is 81.9. The van der Waals surface area contributed by atoms with Gasteiger partial charge in [0.05, 0.1) is 15.8 Å². The Labute approximate surface area is 225 Å². The van der Waals surface area contributed by atoms with E-state index in [1.54, 1.807) is 19.1 Å². The molecule has 2 unspecified atom stereocenters. The maximum absolute atomic E-state index is 13.8. The third kappa shape index (κ3) is 7.65. The molecule has 10 nitrogen and oxygen atoms in total. The normalized spacial score (nSPS) is 13.6. The van der Waals surface area contributed by atoms with Crippen LogP contribution in [-0.2, 0) is 31.3 Å². The van der Waals surface area contributed by atoms with E-state index >= 15 is 0 Å². The van der Waals surface area contributed by atoms with Crippen LogP contribution in [0.25, 0.3) is 0 Å². The van der Waals surface area contributed by atoms with Crippen LogP contribution in [-0.4, -0.2) is 54.3 Å². The molecular formula is C25H28F2N4O6S2. The minimum absolute atomic E-state index is 0.0484. The molecule has 1 amide bonds. The molecular weight excluding hydrogens is 554 g/mol. The Morgan fingerprint density at radius 3 is 2.21 bits per heavy atom. The van der Waals surface area contributed by atoms with Crippen molar-refractivity contribution in [2.24, 2.45) is 0 Å². The van der Waals surface area contributed by atoms with Crippen LogP contribution in [0.3, 0.4) is 0 Å². The Balaban J connectivity index is 1.92. The van der Waals surface area contributed by atoms with Gasteiger partial charge in [-0.05, 0) is 67.9 Å². The van der Waals surface area contributed by atoms with Gasteiger partial charge in [-0.2, -0.15) is 4.72 Å². The summed E-state index contributed by atoms with van der Waals surface area (Å²) in [5.74, 6) is -2.54. The second-order valence-electron chi connectivity index (χ2n) is 8.59. The van der Waals surface area contributed by atoms with Gasteiger partial charge in [-0.1, -0.05) is 24.3 Å². The van der Waals surface area contributed by atoms with E-state index in [0.717, 1.165) is 17.0 Å². The molecule has 0 bridgehead atoms. The first kappa shape index (κ1) is 30.3. The molecule has 210 valence electrons. The monoisotopic (exact) mass is 582 g/mol. The average Bonchev–Trinajstić information content (AvgIpc) is 2.86. The molecule has 0 aromatic heterocycles. The third-order valence-corrected chi connectivity index (χ3v) is 8.77. The van der Waals surface area contributed by atoms with Crippen LogP contribution in [0, 0.1) is 18.6 Å². The quantitative estimate of drug-likeness (QED) is 0.251. The topological polar surface area (TPSA) is 145 Å². The highest BCUT2D eigenvalue weighted by atomic mass is 32.2. The van der Waals surface area contributed by atoms with Crippen LogP contribution in [0.15, 0.2) is 76.5 Å². The summed E-state index contributed by atoms with van der Waals surface area (Å²) in [6.45, 7) is 1.57. The van der Waals surface area contributed by atoms with E-state index in [-0.39, 0.29) is 27.5 Å². The first-order valence-corrected chi connectivity index (χ1v) is 14.5. The maximum Gasteiger partial charge on any atom is 0.244 e. The average molecular weight is 583 g/mol. The van der Waals surface area contributed by atoms with Crippen molar-refractivity contribution in [1.29, 1.82) is 0 Å². The van der Waals surface area contributed by atoms with Gasteiger partial charge in [-0.15, -0.1) is 0 Å². The van der Waals surface area contributed by atoms with E-state index in [4.69, 9.17) is 0 Å². The molecule has 0 fully saturated rings. The van der Waals surface area contributed by atoms with E-state index in [1.807, 2.05) is 4.72 Å². The second kappa shape index (κ2) is 12.3. The van der Waals surface area contributed by atoms with Crippen molar-refractivity contribution in [2.75, 3.05) is 19.0 Å². The van der Waals surface area contributed by atoms with Gasteiger partial charge in [0.2, 0.25) is 26.0 Å². The van der Waals surface area contributed by atoms with E-state index in [0.29, 0.717) is 11.6 Å². The number of aliphatic hydroxyl groups is 1. The number of hydrogen-bond acceptors (Lipinski definition) is 7. The minimum Gasteiger partial charge on any atom is -0.365 e. The van der Waals surface area contributed by atoms with Gasteiger partial charge >= 0.3 is 0 Å². The number of nitrogens with zero attached hydrogens (tertiary/aromatic N) is 1. The molecule has 0 saturated carbocycles. The lowest BCUT2D eigenvalue weighted by molar-refractivity contribution is -0.121. The highest BCUT2D eigenvalue weighted by Crippen LogP contribution is 2.21. The maximum atomic E-state index is 13.8. The van der Waals surface area contributed by atoms with Crippen LogP contribution in [0.4, 0.5) is 14.5 Å². The Morgan fingerprint density at radius 2 is 1.59 bits per heavy atom. The fourth-order valence-corrected chi connectivity index (χ4v) is 5.82. The number of hydrogen-bond donors (Lipinski definition) is 4. The number of nitrogens with one attached hydrogen (secondary N) is 3. The first-order valence-electron chi connectivity index (χ1n) is 11.5. The number of carbonyl (C=O) groups excluding carboxylic acids is 1. The number of benzene rings is 3. The number of halogens is 2. The van der Waals surface area contributed by atoms with E-state index in [1.165, 1.54) is 50.5 Å². The highest BCUT2D eigenvalue weighted by Gasteiger charge is 2.29. The van der Waals surface area contributed by atoms with Crippen LogP contribution < -0.4 is 19.7 Å². The lowest BCUT2D eigenvalue weighted by Crippen LogP contribution is -2.55. The standard InChI is InChI=1S/C25H28F2N4O6S2/c1-16-7-4-5-10-23(16)39(36,37)30-25(33)29-22(13-17-11-18(26)14-19(27)12-17)24(32)31(3)20-8-6-9-21(15-20)38(34,35)28-2/h4-12,14-15,22,25,28-30,33H,13H2,1-3H3. The number of sulfonamides is 2. The molecule has 0 aliphatic rings. The number of rotatable bonds is 11. The number of carbonyl (C=O) groups is 1. The Bertz CT molecular complexity index is 1550. The zero-order chi connectivity index (χ0) is 29.0. The number of likely N-dealkylation sites (N-methyl/N-ethyl adjacent to an activating group) is 1. The molecule has 0 heterocycles. The van der Waals surface area contributed by atoms with Gasteiger partial charge in [0.25, 0.3) is 0 Å². The van der Waals surface area contributed by atoms with Gasteiger partial charge in [0.1, 0.15) is 11.6 Å².